The van der Waals surface area contributed by atoms with Gasteiger partial charge in [-0.3, -0.25) is 0 Å². The van der Waals surface area contributed by atoms with Gasteiger partial charge in [-0.1, -0.05) is 83.5 Å². The molecule has 0 aliphatic carbocycles. The van der Waals surface area contributed by atoms with Crippen LogP contribution in [0.2, 0.25) is 0 Å². The molecule has 412 valence electrons. The second kappa shape index (κ2) is 85.1. The van der Waals surface area contributed by atoms with Gasteiger partial charge in [0.1, 0.15) is 0 Å². The summed E-state index contributed by atoms with van der Waals surface area (Å²) in [6.45, 7) is 10.7. The molecular weight excluding hydrogens is 884 g/mol. The topological polar surface area (TPSA) is 295 Å². The molecule has 0 aliphatic heterocycles. The fourth-order valence-electron chi connectivity index (χ4n) is 4.98. The summed E-state index contributed by atoms with van der Waals surface area (Å²) in [5, 5.41) is 84.2. The largest absolute Gasteiger partial charge is 0.396 e. The van der Waals surface area contributed by atoms with Gasteiger partial charge < -0.3 is 98.4 Å². The van der Waals surface area contributed by atoms with Crippen LogP contribution in [0.5, 0.6) is 0 Å². The van der Waals surface area contributed by atoms with Crippen molar-refractivity contribution >= 4 is 0 Å². The Kier molecular flexibility index (Phi) is 95.4. The van der Waals surface area contributed by atoms with Crippen molar-refractivity contribution in [2.24, 2.45) is 0 Å². The van der Waals surface area contributed by atoms with Crippen molar-refractivity contribution in [3.8, 4) is 0 Å². The minimum atomic E-state index is 0.0359. The lowest BCUT2D eigenvalue weighted by Gasteiger charge is -2.07. The van der Waals surface area contributed by atoms with E-state index in [9.17, 15) is 0 Å². The van der Waals surface area contributed by atoms with Crippen molar-refractivity contribution in [1.29, 1.82) is 0 Å². The summed E-state index contributed by atoms with van der Waals surface area (Å²) < 4.78 is 50.6. The third-order valence-electron chi connectivity index (χ3n) is 8.40. The quantitative estimate of drug-likeness (QED) is 0.0388. The van der Waals surface area contributed by atoms with Crippen LogP contribution in [0.15, 0.2) is 0 Å². The lowest BCUT2D eigenvalue weighted by Crippen LogP contribution is -2.14. The van der Waals surface area contributed by atoms with E-state index in [0.717, 1.165) is 38.5 Å². The predicted octanol–water partition coefficient (Wildman–Crippen LogP) is 1.65. The molecule has 0 radical (unpaired) electrons. The Morgan fingerprint density at radius 3 is 0.328 bits per heavy atom. The normalized spacial score (nSPS) is 10.7. The van der Waals surface area contributed by atoms with Gasteiger partial charge in [0.05, 0.1) is 172 Å². The highest BCUT2D eigenvalue weighted by atomic mass is 16.6. The van der Waals surface area contributed by atoms with Gasteiger partial charge in [0.15, 0.2) is 0 Å². The zero-order valence-corrected chi connectivity index (χ0v) is 41.8. The summed E-state index contributed by atoms with van der Waals surface area (Å²) in [5.41, 5.74) is 0. The Bertz CT molecular complexity index is 670. The molecule has 0 atom stereocenters. The molecule has 0 fully saturated rings. The molecule has 0 saturated carbocycles. The number of aliphatic hydroxyl groups is 10. The van der Waals surface area contributed by atoms with Gasteiger partial charge in [-0.15, -0.1) is 0 Å². The SMILES string of the molecule is OCCCCCCCCCCCCO.OCCCCCCCCCO.OCCOCCOCCO.OCCOCCOCCOCCO.OCCOCCOCCOCCOCCOCCO. The highest BCUT2D eigenvalue weighted by Crippen LogP contribution is 2.10. The van der Waals surface area contributed by atoms with Crippen LogP contribution < -0.4 is 0 Å². The summed E-state index contributed by atoms with van der Waals surface area (Å²) in [6.07, 6.45) is 20.1. The molecule has 0 aromatic heterocycles. The Morgan fingerprint density at radius 1 is 0.119 bits per heavy atom. The first-order chi connectivity index (χ1) is 33.1. The average molecular weight is 989 g/mol. The Balaban J connectivity index is -0.000000244. The molecule has 0 heterocycles. The molecule has 0 amide bonds. The van der Waals surface area contributed by atoms with E-state index in [1.54, 1.807) is 0 Å². The van der Waals surface area contributed by atoms with E-state index < -0.39 is 0 Å². The average Bonchev–Trinajstić information content (AvgIpc) is 3.34. The van der Waals surface area contributed by atoms with Crippen molar-refractivity contribution in [2.75, 3.05) is 198 Å². The first-order valence-electron chi connectivity index (χ1n) is 24.9. The molecule has 0 aromatic rings. The zero-order chi connectivity index (χ0) is 50.3. The molecule has 0 rings (SSSR count). The van der Waals surface area contributed by atoms with Crippen LogP contribution in [0.25, 0.3) is 0 Å². The molecule has 0 bridgehead atoms. The van der Waals surface area contributed by atoms with Gasteiger partial charge in [0, 0.05) is 26.4 Å². The third-order valence-corrected chi connectivity index (χ3v) is 8.40. The van der Waals surface area contributed by atoms with E-state index in [4.69, 9.17) is 98.4 Å². The lowest BCUT2D eigenvalue weighted by atomic mass is 10.1. The highest BCUT2D eigenvalue weighted by Gasteiger charge is 1.95. The van der Waals surface area contributed by atoms with E-state index in [1.807, 2.05) is 0 Å². The first kappa shape index (κ1) is 75.1. The second-order valence-corrected chi connectivity index (χ2v) is 14.4. The molecule has 20 nitrogen and oxygen atoms in total. The van der Waals surface area contributed by atoms with E-state index in [-0.39, 0.29) is 39.6 Å². The van der Waals surface area contributed by atoms with E-state index in [2.05, 4.69) is 0 Å². The number of rotatable bonds is 52. The second-order valence-electron chi connectivity index (χ2n) is 14.4. The van der Waals surface area contributed by atoms with Crippen LogP contribution >= 0.6 is 0 Å². The monoisotopic (exact) mass is 989 g/mol. The van der Waals surface area contributed by atoms with Gasteiger partial charge >= 0.3 is 0 Å². The van der Waals surface area contributed by atoms with Crippen LogP contribution in [-0.2, 0) is 47.4 Å². The number of unbranched alkanes of at least 4 members (excludes halogenated alkanes) is 15. The van der Waals surface area contributed by atoms with E-state index >= 15 is 0 Å². The van der Waals surface area contributed by atoms with Crippen molar-refractivity contribution in [2.45, 2.75) is 109 Å². The molecule has 0 saturated heterocycles. The van der Waals surface area contributed by atoms with Crippen LogP contribution in [-0.4, -0.2) is 249 Å². The van der Waals surface area contributed by atoms with Crippen molar-refractivity contribution < 1.29 is 98.4 Å². The zero-order valence-electron chi connectivity index (χ0n) is 41.8. The van der Waals surface area contributed by atoms with Gasteiger partial charge in [-0.05, 0) is 25.7 Å². The maximum absolute atomic E-state index is 8.57. The minimum absolute atomic E-state index is 0.0359. The van der Waals surface area contributed by atoms with E-state index in [1.165, 1.54) is 70.6 Å². The van der Waals surface area contributed by atoms with Crippen LogP contribution in [0.4, 0.5) is 0 Å². The Hall–Kier alpha value is -0.800. The van der Waals surface area contributed by atoms with Crippen molar-refractivity contribution in [3.63, 3.8) is 0 Å². The fourth-order valence-corrected chi connectivity index (χ4v) is 4.98. The van der Waals surface area contributed by atoms with Gasteiger partial charge in [-0.25, -0.2) is 0 Å². The molecule has 20 heteroatoms. The predicted molar refractivity (Wildman–Crippen MR) is 258 cm³/mol. The Labute approximate surface area is 405 Å². The molecule has 0 aliphatic rings. The summed E-state index contributed by atoms with van der Waals surface area (Å²) >= 11 is 0. The maximum Gasteiger partial charge on any atom is 0.0701 e. The lowest BCUT2D eigenvalue weighted by molar-refractivity contribution is -0.0151. The molecule has 0 unspecified atom stereocenters. The molecule has 67 heavy (non-hydrogen) atoms. The van der Waals surface area contributed by atoms with Crippen LogP contribution in [0.1, 0.15) is 109 Å². The molecular formula is C47H104O20. The molecule has 10 N–H and O–H groups in total. The van der Waals surface area contributed by atoms with Crippen molar-refractivity contribution in [3.05, 3.63) is 0 Å². The van der Waals surface area contributed by atoms with Crippen LogP contribution in [0.3, 0.4) is 0 Å². The van der Waals surface area contributed by atoms with Crippen LogP contribution in [0, 0.1) is 0 Å². The summed E-state index contributed by atoms with van der Waals surface area (Å²) in [4.78, 5) is 0. The number of aliphatic hydroxyl groups excluding tert-OH is 10. The standard InChI is InChI=1S/C12H26O7.C12H26O2.C9H20O2.C8H18O5.C6H14O4/c13-1-3-15-5-7-17-9-11-19-12-10-18-8-6-16-4-2-14;13-11-9-7-5-3-1-2-4-6-8-10-12-14;10-8-6-4-2-1-3-5-7-9-11;9-1-3-11-5-7-13-8-6-12-4-2-10;7-1-3-9-5-6-10-4-2-8/h13-14H,1-12H2;13-14H,1-12H2;10-11H,1-9H2;9-10H,1-8H2;7-8H,1-6H2. The Morgan fingerprint density at radius 2 is 0.224 bits per heavy atom. The number of hydrogen-bond acceptors (Lipinski definition) is 20. The molecule has 0 spiro atoms. The third kappa shape index (κ3) is 99.3. The summed E-state index contributed by atoms with van der Waals surface area (Å²) in [6, 6.07) is 0. The fraction of sp³-hybridized carbons (Fsp3) is 1.00. The van der Waals surface area contributed by atoms with Gasteiger partial charge in [0.2, 0.25) is 0 Å². The van der Waals surface area contributed by atoms with E-state index in [0.29, 0.717) is 159 Å². The van der Waals surface area contributed by atoms with Gasteiger partial charge in [-0.2, -0.15) is 0 Å². The first-order valence-corrected chi connectivity index (χ1v) is 24.9. The number of ether oxygens (including phenoxy) is 10. The van der Waals surface area contributed by atoms with Gasteiger partial charge in [0.25, 0.3) is 0 Å². The summed E-state index contributed by atoms with van der Waals surface area (Å²) in [7, 11) is 0. The maximum atomic E-state index is 8.57. The van der Waals surface area contributed by atoms with Crippen molar-refractivity contribution in [1.82, 2.24) is 0 Å². The molecule has 0 aromatic carbocycles. The smallest absolute Gasteiger partial charge is 0.0701 e. The summed E-state index contributed by atoms with van der Waals surface area (Å²) in [5.74, 6) is 0. The minimum Gasteiger partial charge on any atom is -0.396 e. The highest BCUT2D eigenvalue weighted by molar-refractivity contribution is 4.48. The number of hydrogen-bond donors (Lipinski definition) is 10.